The second kappa shape index (κ2) is 11.2. The standard InChI is InChI=1S/C29H42F4O/c1-19-3-12-23(13-4-19)24-14-8-21(9-15-24)6-7-22-10-16-25(17-11-22)29(32,33)34-26-18-5-20(2)27(30)28(26)31/h5,18-19,21-25H,3-4,6-17H2,1-2H3. The number of benzene rings is 1. The van der Waals surface area contributed by atoms with E-state index in [9.17, 15) is 17.6 Å². The van der Waals surface area contributed by atoms with Crippen molar-refractivity contribution in [3.05, 3.63) is 29.3 Å². The normalized spacial score (nSPS) is 33.0. The maximum absolute atomic E-state index is 14.7. The molecule has 3 aliphatic rings. The van der Waals surface area contributed by atoms with Crippen LogP contribution in [0.4, 0.5) is 17.6 Å². The van der Waals surface area contributed by atoms with E-state index in [-0.39, 0.29) is 5.56 Å². The second-order valence-corrected chi connectivity index (χ2v) is 11.8. The van der Waals surface area contributed by atoms with Gasteiger partial charge in [-0.15, -0.1) is 0 Å². The molecule has 0 bridgehead atoms. The molecule has 0 radical (unpaired) electrons. The summed E-state index contributed by atoms with van der Waals surface area (Å²) in [5.74, 6) is 0.0180. The molecule has 0 N–H and O–H groups in total. The van der Waals surface area contributed by atoms with Crippen molar-refractivity contribution in [2.24, 2.45) is 35.5 Å². The smallest absolute Gasteiger partial charge is 0.400 e. The van der Waals surface area contributed by atoms with E-state index in [1.165, 1.54) is 70.8 Å². The first-order valence-electron chi connectivity index (χ1n) is 13.7. The van der Waals surface area contributed by atoms with Crippen molar-refractivity contribution in [1.29, 1.82) is 0 Å². The van der Waals surface area contributed by atoms with E-state index in [1.54, 1.807) is 0 Å². The summed E-state index contributed by atoms with van der Waals surface area (Å²) in [5.41, 5.74) is 0.0748. The molecule has 0 atom stereocenters. The highest BCUT2D eigenvalue weighted by Gasteiger charge is 2.44. The number of hydrogen-bond acceptors (Lipinski definition) is 1. The van der Waals surface area contributed by atoms with Crippen molar-refractivity contribution in [3.8, 4) is 5.75 Å². The summed E-state index contributed by atoms with van der Waals surface area (Å²) in [5, 5.41) is 0. The van der Waals surface area contributed by atoms with Crippen LogP contribution < -0.4 is 4.74 Å². The molecular weight excluding hydrogens is 440 g/mol. The van der Waals surface area contributed by atoms with Gasteiger partial charge in [0, 0.05) is 0 Å². The van der Waals surface area contributed by atoms with Gasteiger partial charge < -0.3 is 4.74 Å². The molecule has 3 aliphatic carbocycles. The fourth-order valence-electron chi connectivity index (χ4n) is 6.90. The molecule has 192 valence electrons. The Balaban J connectivity index is 1.17. The van der Waals surface area contributed by atoms with Gasteiger partial charge in [0.05, 0.1) is 5.92 Å². The minimum Gasteiger partial charge on any atom is -0.429 e. The van der Waals surface area contributed by atoms with E-state index >= 15 is 0 Å². The molecule has 0 aliphatic heterocycles. The van der Waals surface area contributed by atoms with E-state index in [2.05, 4.69) is 6.92 Å². The van der Waals surface area contributed by atoms with Gasteiger partial charge in [-0.3, -0.25) is 0 Å². The summed E-state index contributed by atoms with van der Waals surface area (Å²) in [6.07, 6.45) is 12.3. The molecule has 0 unspecified atom stereocenters. The number of halogens is 4. The molecule has 0 heterocycles. The summed E-state index contributed by atoms with van der Waals surface area (Å²) in [7, 11) is 0. The lowest BCUT2D eigenvalue weighted by Gasteiger charge is -2.38. The van der Waals surface area contributed by atoms with Crippen LogP contribution in [0.1, 0.15) is 102 Å². The molecule has 0 saturated heterocycles. The van der Waals surface area contributed by atoms with E-state index in [1.807, 2.05) is 0 Å². The van der Waals surface area contributed by atoms with Gasteiger partial charge in [-0.2, -0.15) is 13.2 Å². The maximum Gasteiger partial charge on any atom is 0.400 e. The average molecular weight is 483 g/mol. The third-order valence-corrected chi connectivity index (χ3v) is 9.41. The van der Waals surface area contributed by atoms with Gasteiger partial charge in [0.15, 0.2) is 11.6 Å². The minimum absolute atomic E-state index is 0.0748. The van der Waals surface area contributed by atoms with Crippen LogP contribution in [0.5, 0.6) is 5.75 Å². The van der Waals surface area contributed by atoms with Crippen molar-refractivity contribution in [2.45, 2.75) is 110 Å². The molecule has 1 aromatic rings. The third kappa shape index (κ3) is 6.29. The lowest BCUT2D eigenvalue weighted by molar-refractivity contribution is -0.224. The third-order valence-electron chi connectivity index (χ3n) is 9.41. The number of alkyl halides is 2. The highest BCUT2D eigenvalue weighted by molar-refractivity contribution is 5.30. The Kier molecular flexibility index (Phi) is 8.51. The van der Waals surface area contributed by atoms with Crippen LogP contribution in [0.15, 0.2) is 12.1 Å². The molecular formula is C29H42F4O. The zero-order valence-corrected chi connectivity index (χ0v) is 20.9. The molecule has 0 spiro atoms. The predicted molar refractivity (Wildman–Crippen MR) is 128 cm³/mol. The number of ether oxygens (including phenoxy) is 1. The van der Waals surface area contributed by atoms with E-state index in [0.717, 1.165) is 49.0 Å². The van der Waals surface area contributed by atoms with Gasteiger partial charge in [0.25, 0.3) is 0 Å². The number of aryl methyl sites for hydroxylation is 1. The van der Waals surface area contributed by atoms with E-state index in [4.69, 9.17) is 4.74 Å². The average Bonchev–Trinajstić information content (AvgIpc) is 2.84. The summed E-state index contributed by atoms with van der Waals surface area (Å²) < 4.78 is 61.9. The molecule has 3 fully saturated rings. The molecule has 3 saturated carbocycles. The lowest BCUT2D eigenvalue weighted by Crippen LogP contribution is -2.37. The Morgan fingerprint density at radius 2 is 1.24 bits per heavy atom. The largest absolute Gasteiger partial charge is 0.429 e. The van der Waals surface area contributed by atoms with Gasteiger partial charge >= 0.3 is 6.11 Å². The summed E-state index contributed by atoms with van der Waals surface area (Å²) in [6, 6.07) is 2.36. The molecule has 1 nitrogen and oxygen atoms in total. The molecule has 0 aromatic heterocycles. The first kappa shape index (κ1) is 25.8. The number of hydrogen-bond donors (Lipinski definition) is 0. The monoisotopic (exact) mass is 482 g/mol. The van der Waals surface area contributed by atoms with E-state index < -0.39 is 29.4 Å². The Hall–Kier alpha value is -1.26. The van der Waals surface area contributed by atoms with Crippen molar-refractivity contribution < 1.29 is 22.3 Å². The Bertz CT molecular complexity index is 786. The van der Waals surface area contributed by atoms with Gasteiger partial charge in [0.1, 0.15) is 0 Å². The van der Waals surface area contributed by atoms with Crippen LogP contribution in [0.25, 0.3) is 0 Å². The van der Waals surface area contributed by atoms with Crippen LogP contribution in [-0.4, -0.2) is 6.11 Å². The second-order valence-electron chi connectivity index (χ2n) is 11.8. The first-order chi connectivity index (χ1) is 16.2. The van der Waals surface area contributed by atoms with Gasteiger partial charge in [-0.1, -0.05) is 51.5 Å². The minimum atomic E-state index is -3.48. The Morgan fingerprint density at radius 1 is 0.735 bits per heavy atom. The van der Waals surface area contributed by atoms with Crippen LogP contribution >= 0.6 is 0 Å². The van der Waals surface area contributed by atoms with Crippen molar-refractivity contribution >= 4 is 0 Å². The highest BCUT2D eigenvalue weighted by atomic mass is 19.3. The van der Waals surface area contributed by atoms with Crippen LogP contribution in [0.2, 0.25) is 0 Å². The first-order valence-corrected chi connectivity index (χ1v) is 13.7. The molecule has 4 rings (SSSR count). The van der Waals surface area contributed by atoms with Gasteiger partial charge in [0.2, 0.25) is 5.82 Å². The summed E-state index contributed by atoms with van der Waals surface area (Å²) >= 11 is 0. The van der Waals surface area contributed by atoms with Crippen LogP contribution in [-0.2, 0) is 0 Å². The molecule has 0 amide bonds. The van der Waals surface area contributed by atoms with Crippen molar-refractivity contribution in [3.63, 3.8) is 0 Å². The summed E-state index contributed by atoms with van der Waals surface area (Å²) in [4.78, 5) is 0. The lowest BCUT2D eigenvalue weighted by atomic mass is 9.68. The molecule has 1 aromatic carbocycles. The topological polar surface area (TPSA) is 9.23 Å². The van der Waals surface area contributed by atoms with Crippen molar-refractivity contribution in [2.75, 3.05) is 0 Å². The van der Waals surface area contributed by atoms with Crippen LogP contribution in [0, 0.1) is 54.1 Å². The SMILES string of the molecule is Cc1ccc(OC(F)(F)C2CCC(CCC3CCC(C4CCC(C)CC4)CC3)CC2)c(F)c1F. The maximum atomic E-state index is 14.7. The zero-order chi connectivity index (χ0) is 24.3. The predicted octanol–water partition coefficient (Wildman–Crippen LogP) is 9.46. The quantitative estimate of drug-likeness (QED) is 0.352. The van der Waals surface area contributed by atoms with Crippen LogP contribution in [0.3, 0.4) is 0 Å². The Labute approximate surface area is 203 Å². The Morgan fingerprint density at radius 3 is 1.79 bits per heavy atom. The van der Waals surface area contributed by atoms with Crippen molar-refractivity contribution in [1.82, 2.24) is 0 Å². The van der Waals surface area contributed by atoms with Gasteiger partial charge in [-0.05, 0) is 99.5 Å². The number of rotatable bonds is 7. The molecule has 34 heavy (non-hydrogen) atoms. The molecule has 5 heteroatoms. The highest BCUT2D eigenvalue weighted by Crippen LogP contribution is 2.45. The fourth-order valence-corrected chi connectivity index (χ4v) is 6.90. The van der Waals surface area contributed by atoms with Gasteiger partial charge in [-0.25, -0.2) is 4.39 Å². The zero-order valence-electron chi connectivity index (χ0n) is 20.9. The fraction of sp³-hybridized carbons (Fsp3) is 0.793. The summed E-state index contributed by atoms with van der Waals surface area (Å²) in [6.45, 7) is 3.78. The van der Waals surface area contributed by atoms with E-state index in [0.29, 0.717) is 18.8 Å².